The molecule has 0 bridgehead atoms. The van der Waals surface area contributed by atoms with Gasteiger partial charge in [-0.05, 0) is 38.1 Å². The van der Waals surface area contributed by atoms with Crippen molar-refractivity contribution in [3.8, 4) is 0 Å². The van der Waals surface area contributed by atoms with Crippen LogP contribution in [0.2, 0.25) is 0 Å². The molecule has 0 saturated heterocycles. The van der Waals surface area contributed by atoms with E-state index in [1.807, 2.05) is 19.9 Å². The van der Waals surface area contributed by atoms with E-state index >= 15 is 0 Å². The van der Waals surface area contributed by atoms with E-state index in [1.165, 1.54) is 12.1 Å². The van der Waals surface area contributed by atoms with Gasteiger partial charge >= 0.3 is 5.97 Å². The Labute approximate surface area is 88.8 Å². The maximum absolute atomic E-state index is 10.8. The quantitative estimate of drug-likeness (QED) is 0.821. The van der Waals surface area contributed by atoms with E-state index in [0.717, 1.165) is 5.57 Å². The zero-order chi connectivity index (χ0) is 11.4. The van der Waals surface area contributed by atoms with Crippen molar-refractivity contribution in [3.63, 3.8) is 0 Å². The Kier molecular flexibility index (Phi) is 3.39. The van der Waals surface area contributed by atoms with E-state index in [1.54, 1.807) is 6.07 Å². The lowest BCUT2D eigenvalue weighted by Crippen LogP contribution is -1.99. The van der Waals surface area contributed by atoms with Gasteiger partial charge < -0.3 is 5.11 Å². The maximum Gasteiger partial charge on any atom is 0.335 e. The fourth-order valence-corrected chi connectivity index (χ4v) is 1.17. The summed E-state index contributed by atoms with van der Waals surface area (Å²) < 4.78 is 0. The third kappa shape index (κ3) is 3.06. The van der Waals surface area contributed by atoms with Crippen molar-refractivity contribution in [1.29, 1.82) is 0 Å². The summed E-state index contributed by atoms with van der Waals surface area (Å²) in [6.45, 7) is 7.44. The number of aromatic carboxylic acids is 1. The molecule has 1 aromatic rings. The summed E-state index contributed by atoms with van der Waals surface area (Å²) in [4.78, 5) is 15.0. The second kappa shape index (κ2) is 4.55. The molecule has 0 aliphatic heterocycles. The topological polar surface area (TPSA) is 50.2 Å². The molecule has 15 heavy (non-hydrogen) atoms. The first-order valence-corrected chi connectivity index (χ1v) is 4.55. The number of pyridine rings is 1. The van der Waals surface area contributed by atoms with Gasteiger partial charge in [-0.1, -0.05) is 12.2 Å². The normalized spacial score (nSPS) is 9.47. The molecule has 3 heteroatoms. The molecule has 78 valence electrons. The largest absolute Gasteiger partial charge is 0.478 e. The first-order chi connectivity index (χ1) is 7.02. The Bertz CT molecular complexity index is 429. The van der Waals surface area contributed by atoms with Gasteiger partial charge in [-0.2, -0.15) is 0 Å². The highest BCUT2D eigenvalue weighted by atomic mass is 16.4. The van der Waals surface area contributed by atoms with Gasteiger partial charge in [0.25, 0.3) is 0 Å². The summed E-state index contributed by atoms with van der Waals surface area (Å²) in [6, 6.07) is 3.04. The van der Waals surface area contributed by atoms with E-state index in [9.17, 15) is 4.79 Å². The van der Waals surface area contributed by atoms with Gasteiger partial charge in [-0.15, -0.1) is 0 Å². The number of hydrogen-bond donors (Lipinski definition) is 1. The molecule has 0 amide bonds. The number of allylic oxidation sites excluding steroid dienone is 1. The number of carbonyl (C=O) groups is 1. The lowest BCUT2D eigenvalue weighted by molar-refractivity contribution is 0.0696. The van der Waals surface area contributed by atoms with Crippen LogP contribution in [-0.2, 0) is 0 Å². The zero-order valence-electron chi connectivity index (χ0n) is 8.82. The predicted octanol–water partition coefficient (Wildman–Crippen LogP) is 2.85. The number of carboxylic acid groups (broad SMARTS) is 1. The molecular weight excluding hydrogens is 190 g/mol. The van der Waals surface area contributed by atoms with Crippen LogP contribution in [0.4, 0.5) is 0 Å². The van der Waals surface area contributed by atoms with Crippen LogP contribution in [0, 0.1) is 0 Å². The van der Waals surface area contributed by atoms with Gasteiger partial charge in [0, 0.05) is 0 Å². The number of carboxylic acids is 1. The van der Waals surface area contributed by atoms with Crippen LogP contribution >= 0.6 is 0 Å². The molecule has 1 heterocycles. The zero-order valence-corrected chi connectivity index (χ0v) is 8.82. The summed E-state index contributed by atoms with van der Waals surface area (Å²) in [7, 11) is 0. The van der Waals surface area contributed by atoms with E-state index < -0.39 is 5.97 Å². The van der Waals surface area contributed by atoms with Crippen molar-refractivity contribution in [3.05, 3.63) is 41.2 Å². The van der Waals surface area contributed by atoms with Gasteiger partial charge in [0.1, 0.15) is 0 Å². The first kappa shape index (κ1) is 11.2. The third-order valence-electron chi connectivity index (χ3n) is 1.76. The molecule has 1 N–H and O–H groups in total. The molecule has 1 rings (SSSR count). The molecule has 0 aliphatic rings. The van der Waals surface area contributed by atoms with Crippen molar-refractivity contribution in [2.45, 2.75) is 13.8 Å². The molecular formula is C12H13NO2. The fraction of sp³-hybridized carbons (Fsp3) is 0.167. The first-order valence-electron chi connectivity index (χ1n) is 4.55. The van der Waals surface area contributed by atoms with Crippen molar-refractivity contribution < 1.29 is 9.90 Å². The Morgan fingerprint density at radius 1 is 1.40 bits per heavy atom. The lowest BCUT2D eigenvalue weighted by Gasteiger charge is -2.01. The highest BCUT2D eigenvalue weighted by Crippen LogP contribution is 2.10. The van der Waals surface area contributed by atoms with Crippen LogP contribution < -0.4 is 0 Å². The average Bonchev–Trinajstić information content (AvgIpc) is 2.16. The van der Waals surface area contributed by atoms with Gasteiger partial charge in [-0.25, -0.2) is 9.78 Å². The molecule has 0 atom stereocenters. The minimum Gasteiger partial charge on any atom is -0.478 e. The van der Waals surface area contributed by atoms with E-state index in [-0.39, 0.29) is 5.56 Å². The third-order valence-corrected chi connectivity index (χ3v) is 1.76. The lowest BCUT2D eigenvalue weighted by atomic mass is 10.1. The average molecular weight is 203 g/mol. The van der Waals surface area contributed by atoms with Crippen LogP contribution in [0.3, 0.4) is 0 Å². The second-order valence-electron chi connectivity index (χ2n) is 3.44. The van der Waals surface area contributed by atoms with Crippen molar-refractivity contribution in [2.75, 3.05) is 0 Å². The Balaban J connectivity index is 3.29. The molecule has 0 aliphatic carbocycles. The molecule has 0 saturated carbocycles. The van der Waals surface area contributed by atoms with Gasteiger partial charge in [0.05, 0.1) is 17.0 Å². The van der Waals surface area contributed by atoms with Crippen LogP contribution in [-0.4, -0.2) is 16.1 Å². The minimum absolute atomic E-state index is 0.229. The number of nitrogens with zero attached hydrogens (tertiary/aromatic N) is 1. The SMILES string of the molecule is C=Cc1cc(C(=O)O)cc(C=C(C)C)n1. The standard InChI is InChI=1S/C12H13NO2/c1-4-10-6-9(12(14)15)7-11(13-10)5-8(2)3/h4-7H,1H2,2-3H3,(H,14,15). The van der Waals surface area contributed by atoms with Crippen LogP contribution in [0.25, 0.3) is 12.2 Å². The number of hydrogen-bond acceptors (Lipinski definition) is 2. The van der Waals surface area contributed by atoms with E-state index in [0.29, 0.717) is 11.4 Å². The van der Waals surface area contributed by atoms with Crippen molar-refractivity contribution in [2.24, 2.45) is 0 Å². The van der Waals surface area contributed by atoms with Crippen LogP contribution in [0.1, 0.15) is 35.6 Å². The van der Waals surface area contributed by atoms with Crippen molar-refractivity contribution in [1.82, 2.24) is 4.98 Å². The molecule has 0 unspecified atom stereocenters. The molecule has 1 aromatic heterocycles. The summed E-state index contributed by atoms with van der Waals surface area (Å²) >= 11 is 0. The van der Waals surface area contributed by atoms with Crippen LogP contribution in [0.15, 0.2) is 24.3 Å². The predicted molar refractivity (Wildman–Crippen MR) is 60.6 cm³/mol. The van der Waals surface area contributed by atoms with Gasteiger partial charge in [0.2, 0.25) is 0 Å². The Morgan fingerprint density at radius 2 is 2.00 bits per heavy atom. The molecule has 0 spiro atoms. The fourth-order valence-electron chi connectivity index (χ4n) is 1.17. The molecule has 3 nitrogen and oxygen atoms in total. The monoisotopic (exact) mass is 203 g/mol. The van der Waals surface area contributed by atoms with Gasteiger partial charge in [0.15, 0.2) is 0 Å². The Morgan fingerprint density at radius 3 is 2.47 bits per heavy atom. The minimum atomic E-state index is -0.955. The Hall–Kier alpha value is -1.90. The van der Waals surface area contributed by atoms with Crippen LogP contribution in [0.5, 0.6) is 0 Å². The summed E-state index contributed by atoms with van der Waals surface area (Å²) in [5, 5.41) is 8.88. The van der Waals surface area contributed by atoms with E-state index in [2.05, 4.69) is 11.6 Å². The van der Waals surface area contributed by atoms with Gasteiger partial charge in [-0.3, -0.25) is 0 Å². The number of aromatic nitrogens is 1. The van der Waals surface area contributed by atoms with E-state index in [4.69, 9.17) is 5.11 Å². The van der Waals surface area contributed by atoms with Crippen molar-refractivity contribution >= 4 is 18.1 Å². The second-order valence-corrected chi connectivity index (χ2v) is 3.44. The molecule has 0 radical (unpaired) electrons. The highest BCUT2D eigenvalue weighted by molar-refractivity contribution is 5.88. The smallest absolute Gasteiger partial charge is 0.335 e. The summed E-state index contributed by atoms with van der Waals surface area (Å²) in [5.74, 6) is -0.955. The summed E-state index contributed by atoms with van der Waals surface area (Å²) in [5.41, 5.74) is 2.51. The maximum atomic E-state index is 10.8. The molecule has 0 aromatic carbocycles. The molecule has 0 fully saturated rings. The highest BCUT2D eigenvalue weighted by Gasteiger charge is 2.05. The number of rotatable bonds is 3. The summed E-state index contributed by atoms with van der Waals surface area (Å²) in [6.07, 6.45) is 3.37.